The first-order valence-corrected chi connectivity index (χ1v) is 46.2. The Morgan fingerprint density at radius 3 is 1.05 bits per heavy atom. The number of benzene rings is 5. The van der Waals surface area contributed by atoms with Crippen molar-refractivity contribution < 1.29 is 0 Å². The summed E-state index contributed by atoms with van der Waals surface area (Å²) in [6.07, 6.45) is 15.0. The molecule has 20 aromatic rings. The van der Waals surface area contributed by atoms with Crippen LogP contribution in [-0.2, 0) is 26.2 Å². The van der Waals surface area contributed by atoms with Crippen LogP contribution in [-0.4, -0.2) is 145 Å². The molecule has 2 aliphatic rings. The van der Waals surface area contributed by atoms with Gasteiger partial charge in [0, 0.05) is 48.5 Å². The van der Waals surface area contributed by atoms with Crippen LogP contribution >= 0.6 is 0 Å². The predicted molar refractivity (Wildman–Crippen MR) is 552 cm³/mol. The van der Waals surface area contributed by atoms with Crippen LogP contribution in [0.3, 0.4) is 0 Å². The van der Waals surface area contributed by atoms with Gasteiger partial charge in [0.1, 0.15) is 132 Å². The summed E-state index contributed by atoms with van der Waals surface area (Å²) in [6, 6.07) is 44.2. The van der Waals surface area contributed by atoms with E-state index in [0.717, 1.165) is 92.8 Å². The number of nitrogens with one attached hydrogen (secondary N) is 2. The summed E-state index contributed by atoms with van der Waals surface area (Å²) >= 11 is 0. The number of aryl methyl sites for hydroxylation is 8. The van der Waals surface area contributed by atoms with Gasteiger partial charge in [0.25, 0.3) is 22.2 Å². The molecule has 15 aromatic heterocycles. The quantitative estimate of drug-likeness (QED) is 0.0410. The van der Waals surface area contributed by atoms with E-state index in [1.807, 2.05) is 216 Å². The number of nitrogens with two attached hydrogens (primary N) is 4. The maximum Gasteiger partial charge on any atom is 0.282 e. The van der Waals surface area contributed by atoms with Crippen molar-refractivity contribution in [3.05, 3.63) is 315 Å². The molecule has 0 aliphatic heterocycles. The minimum atomic E-state index is -0.298. The summed E-state index contributed by atoms with van der Waals surface area (Å²) in [4.78, 5) is 122. The molecule has 37 heteroatoms. The summed E-state index contributed by atoms with van der Waals surface area (Å²) in [5.41, 5.74) is 41.2. The van der Waals surface area contributed by atoms with Gasteiger partial charge < -0.3 is 33.7 Å². The lowest BCUT2D eigenvalue weighted by atomic mass is 9.98. The SMILES string of the molecule is CNc1c(C(C)=N)nc(Cn2nc(C#CC3CC3)c3c(N)ncnc32)n(-c2ccccc2C)c1=O.Cc1cccc(-c2nn(Cc3nc4nccc(C)c4c(=O)n3-c3ccccc3C)c3ncnc(N)c23)c1.Cc1ccccc1-n1c(Cn2nc(C#CC(C)(C)C)c3c(N)ncnc32)nc2nccc(C)c2c1=O.Cc1ccccc1-n1c(Cn2nc(C#CC3CC3)c3c(N)ncnc32)nc2nccc(C)c2c1=O. The fourth-order valence-electron chi connectivity index (χ4n) is 17.0. The maximum atomic E-state index is 13.9. The van der Waals surface area contributed by atoms with Gasteiger partial charge in [-0.25, -0.2) is 93.5 Å². The lowest BCUT2D eigenvalue weighted by molar-refractivity contribution is 0.570. The van der Waals surface area contributed by atoms with E-state index in [9.17, 15) is 19.2 Å². The molecule has 0 atom stereocenters. The van der Waals surface area contributed by atoms with E-state index in [-0.39, 0.29) is 70.9 Å². The van der Waals surface area contributed by atoms with E-state index in [1.165, 1.54) is 25.3 Å². The van der Waals surface area contributed by atoms with E-state index in [1.54, 1.807) is 69.6 Å². The molecule has 15 heterocycles. The minimum absolute atomic E-state index is 0.117. The Hall–Kier alpha value is -18.6. The van der Waals surface area contributed by atoms with Crippen molar-refractivity contribution in [2.24, 2.45) is 17.3 Å². The Morgan fingerprint density at radius 1 is 0.385 bits per heavy atom. The average molecular weight is 1900 g/mol. The van der Waals surface area contributed by atoms with Crippen LogP contribution in [0.25, 0.3) is 111 Å². The number of fused-ring (bicyclic) bond motifs is 7. The van der Waals surface area contributed by atoms with Crippen molar-refractivity contribution in [3.8, 4) is 69.5 Å². The highest BCUT2D eigenvalue weighted by Gasteiger charge is 2.30. The molecule has 22 rings (SSSR count). The average Bonchev–Trinajstić information content (AvgIpc) is 1.71. The standard InChI is InChI=1S/C28H24N8O.C27H26N8O.C26H22N8O.C25H25N9O/c1-16-7-6-9-19(13-16)24-23-25(29)31-15-32-27(23)35(34-24)14-21-33-26-22(18(3)11-12-30-26)28(37)36(21)20-10-5-4-8-17(20)2;1-16-8-6-7-9-19(16)35-20(32-24-21(26(35)36)17(2)11-13-29-24)14-34-25-22(23(28)30-15-31-25)18(33-34)10-12-27(3,4)5;1-15-5-3-4-6-19(15)34-20(31-24-21(26(34)35)16(2)11-12-28-24)13-33-25-22(23(27)29-14-30-25)18(32-33)10-9-17-7-8-17;1-14-6-4-5-7-18(14)34-19(31-21(15(2)26)22(28-3)25(34)35)12-33-24-20(23(27)29-13-30-24)17(32-33)11-10-16-8-9-16/h4-13,15H,14H2,1-3H3,(H2,29,31,32);6-9,11,13,15H,14H2,1-5H3,(H2,28,30,31);3-6,11-12,14,17H,7-8,13H2,1-2H3,(H2,27,29,30);4-7,13,16,26,28H,8-9,12H2,1-3H3,(H2,27,29,30). The van der Waals surface area contributed by atoms with Crippen LogP contribution in [0.4, 0.5) is 29.0 Å². The summed E-state index contributed by atoms with van der Waals surface area (Å²) < 4.78 is 13.2. The fraction of sp³-hybridized carbons (Fsp3) is 0.226. The van der Waals surface area contributed by atoms with Gasteiger partial charge in [-0.05, 0) is 214 Å². The van der Waals surface area contributed by atoms with Crippen LogP contribution in [0.5, 0.6) is 0 Å². The van der Waals surface area contributed by atoms with Gasteiger partial charge >= 0.3 is 0 Å². The Balaban J connectivity index is 0.000000121. The van der Waals surface area contributed by atoms with Crippen molar-refractivity contribution in [1.29, 1.82) is 5.41 Å². The monoisotopic (exact) mass is 1900 g/mol. The van der Waals surface area contributed by atoms with Crippen LogP contribution < -0.4 is 50.5 Å². The third-order valence-electron chi connectivity index (χ3n) is 24.5. The molecular weight excluding hydrogens is 1800 g/mol. The summed E-state index contributed by atoms with van der Waals surface area (Å²) in [7, 11) is 1.65. The van der Waals surface area contributed by atoms with Gasteiger partial charge in [-0.3, -0.25) is 37.4 Å². The highest BCUT2D eigenvalue weighted by molar-refractivity contribution is 6.00. The van der Waals surface area contributed by atoms with E-state index < -0.39 is 0 Å². The van der Waals surface area contributed by atoms with Crippen LogP contribution in [0.1, 0.15) is 144 Å². The molecule has 0 radical (unpaired) electrons. The van der Waals surface area contributed by atoms with Crippen molar-refractivity contribution in [3.63, 3.8) is 0 Å². The van der Waals surface area contributed by atoms with Crippen LogP contribution in [0.15, 0.2) is 203 Å². The second-order valence-electron chi connectivity index (χ2n) is 36.2. The maximum absolute atomic E-state index is 13.9. The first-order valence-electron chi connectivity index (χ1n) is 46.2. The normalized spacial score (nSPS) is 12.3. The molecule has 710 valence electrons. The van der Waals surface area contributed by atoms with Gasteiger partial charge in [0.05, 0.1) is 66.2 Å². The lowest BCUT2D eigenvalue weighted by Crippen LogP contribution is -2.30. The van der Waals surface area contributed by atoms with Gasteiger partial charge in [0.15, 0.2) is 39.5 Å². The first-order chi connectivity index (χ1) is 68.9. The number of nitrogens with zero attached hydrogens (tertiary/aromatic N) is 27. The lowest BCUT2D eigenvalue weighted by Gasteiger charge is -2.18. The molecule has 2 fully saturated rings. The Kier molecular flexibility index (Phi) is 25.1. The van der Waals surface area contributed by atoms with E-state index in [4.69, 9.17) is 63.6 Å². The number of pyridine rings is 3. The predicted octanol–water partition coefficient (Wildman–Crippen LogP) is 13.1. The third kappa shape index (κ3) is 18.5. The molecule has 2 saturated carbocycles. The molecule has 143 heavy (non-hydrogen) atoms. The number of aromatic nitrogens is 27. The molecule has 37 nitrogen and oxygen atoms in total. The number of anilines is 5. The second kappa shape index (κ2) is 38.4. The summed E-state index contributed by atoms with van der Waals surface area (Å²) in [6.45, 7) is 23.8. The largest absolute Gasteiger partial charge is 0.383 e. The van der Waals surface area contributed by atoms with Gasteiger partial charge in [-0.1, -0.05) is 114 Å². The van der Waals surface area contributed by atoms with E-state index in [2.05, 4.69) is 101 Å². The van der Waals surface area contributed by atoms with Crippen LogP contribution in [0.2, 0.25) is 0 Å². The number of hydrogen-bond donors (Lipinski definition) is 6. The van der Waals surface area contributed by atoms with Gasteiger partial charge in [-0.2, -0.15) is 20.4 Å². The van der Waals surface area contributed by atoms with E-state index in [0.29, 0.717) is 164 Å². The topological polar surface area (TPSA) is 493 Å². The molecule has 0 saturated heterocycles. The zero-order valence-electron chi connectivity index (χ0n) is 80.6. The van der Waals surface area contributed by atoms with Crippen molar-refractivity contribution in [1.82, 2.24) is 132 Å². The Labute approximate surface area is 817 Å². The minimum Gasteiger partial charge on any atom is -0.383 e. The number of para-hydroxylation sites is 4. The number of hydrogen-bond acceptors (Lipinski definition) is 29. The third-order valence-corrected chi connectivity index (χ3v) is 24.5. The fourth-order valence-corrected chi connectivity index (χ4v) is 17.0. The molecule has 10 N–H and O–H groups in total. The molecule has 0 amide bonds. The molecule has 0 bridgehead atoms. The van der Waals surface area contributed by atoms with E-state index >= 15 is 0 Å². The Morgan fingerprint density at radius 2 is 0.713 bits per heavy atom. The zero-order chi connectivity index (χ0) is 100. The highest BCUT2D eigenvalue weighted by atomic mass is 16.1. The number of rotatable bonds is 15. The van der Waals surface area contributed by atoms with Crippen molar-refractivity contribution in [2.45, 2.75) is 135 Å². The molecule has 2 aliphatic carbocycles. The van der Waals surface area contributed by atoms with Gasteiger partial charge in [-0.15, -0.1) is 0 Å². The smallest absolute Gasteiger partial charge is 0.282 e. The zero-order valence-corrected chi connectivity index (χ0v) is 80.6. The second-order valence-corrected chi connectivity index (χ2v) is 36.2. The summed E-state index contributed by atoms with van der Waals surface area (Å²) in [5.74, 6) is 23.0. The van der Waals surface area contributed by atoms with Crippen molar-refractivity contribution in [2.75, 3.05) is 35.3 Å². The number of nitrogen functional groups attached to an aromatic ring is 4. The molecule has 0 spiro atoms. The highest BCUT2D eigenvalue weighted by Crippen LogP contribution is 2.35. The molecular formula is C106H97N33O4. The van der Waals surface area contributed by atoms with Gasteiger partial charge in [0.2, 0.25) is 0 Å². The Bertz CT molecular complexity index is 9080. The van der Waals surface area contributed by atoms with Crippen LogP contribution in [0, 0.1) is 114 Å². The first kappa shape index (κ1) is 93.4. The summed E-state index contributed by atoms with van der Waals surface area (Å²) in [5, 5.41) is 34.1. The van der Waals surface area contributed by atoms with Crippen molar-refractivity contribution >= 4 is 112 Å². The molecule has 0 unspecified atom stereocenters. The molecule has 5 aromatic carbocycles.